The van der Waals surface area contributed by atoms with Crippen molar-refractivity contribution in [1.29, 1.82) is 0 Å². The van der Waals surface area contributed by atoms with Gasteiger partial charge in [-0.15, -0.1) is 0 Å². The minimum Gasteiger partial charge on any atom is -0.343 e. The molecule has 1 aliphatic heterocycles. The van der Waals surface area contributed by atoms with Crippen LogP contribution in [0.1, 0.15) is 36.5 Å². The van der Waals surface area contributed by atoms with E-state index in [9.17, 15) is 9.59 Å². The van der Waals surface area contributed by atoms with Crippen LogP contribution in [-0.4, -0.2) is 29.7 Å². The van der Waals surface area contributed by atoms with Gasteiger partial charge in [0, 0.05) is 32.4 Å². The Balaban J connectivity index is 1.96. The molecule has 0 aromatic heterocycles. The number of rotatable bonds is 3. The molecule has 0 unspecified atom stereocenters. The molecule has 1 aliphatic rings. The lowest BCUT2D eigenvalue weighted by Crippen LogP contribution is -2.39. The van der Waals surface area contributed by atoms with Crippen LogP contribution in [0, 0.1) is 19.8 Å². The summed E-state index contributed by atoms with van der Waals surface area (Å²) >= 11 is 0. The molecule has 0 aliphatic carbocycles. The molecule has 0 atom stereocenters. The van der Waals surface area contributed by atoms with Crippen molar-refractivity contribution in [3.63, 3.8) is 0 Å². The Bertz CT molecular complexity index is 514. The first kappa shape index (κ1) is 14.8. The Kier molecular flexibility index (Phi) is 4.58. The molecule has 108 valence electrons. The number of carbonyl (C=O) groups excluding carboxylic acids is 2. The summed E-state index contributed by atoms with van der Waals surface area (Å²) in [4.78, 5) is 25.5. The van der Waals surface area contributed by atoms with E-state index < -0.39 is 0 Å². The summed E-state index contributed by atoms with van der Waals surface area (Å²) in [5.41, 5.74) is 3.60. The average molecular weight is 273 g/mol. The third-order valence-corrected chi connectivity index (χ3v) is 4.48. The number of nitrogens with zero attached hydrogens (tertiary/aromatic N) is 1. The van der Waals surface area contributed by atoms with Crippen LogP contribution in [0.2, 0.25) is 0 Å². The van der Waals surface area contributed by atoms with Crippen LogP contribution in [0.5, 0.6) is 0 Å². The number of benzene rings is 1. The van der Waals surface area contributed by atoms with Crippen molar-refractivity contribution >= 4 is 11.7 Å². The highest BCUT2D eigenvalue weighted by Crippen LogP contribution is 2.21. The lowest BCUT2D eigenvalue weighted by molar-refractivity contribution is -0.133. The molecular weight excluding hydrogens is 250 g/mol. The predicted molar refractivity (Wildman–Crippen MR) is 79.6 cm³/mol. The first-order valence-corrected chi connectivity index (χ1v) is 7.32. The van der Waals surface area contributed by atoms with Crippen LogP contribution in [0.15, 0.2) is 18.2 Å². The van der Waals surface area contributed by atoms with Gasteiger partial charge in [-0.05, 0) is 43.4 Å². The highest BCUT2D eigenvalue weighted by molar-refractivity contribution is 5.84. The smallest absolute Gasteiger partial charge is 0.219 e. The van der Waals surface area contributed by atoms with Gasteiger partial charge in [0.1, 0.15) is 5.78 Å². The van der Waals surface area contributed by atoms with Gasteiger partial charge in [0.25, 0.3) is 0 Å². The van der Waals surface area contributed by atoms with Crippen molar-refractivity contribution in [3.05, 3.63) is 34.9 Å². The van der Waals surface area contributed by atoms with Crippen molar-refractivity contribution < 1.29 is 9.59 Å². The highest BCUT2D eigenvalue weighted by Gasteiger charge is 2.26. The summed E-state index contributed by atoms with van der Waals surface area (Å²) in [5, 5.41) is 0. The molecule has 0 saturated carbocycles. The van der Waals surface area contributed by atoms with E-state index in [-0.39, 0.29) is 11.8 Å². The molecule has 1 amide bonds. The van der Waals surface area contributed by atoms with E-state index in [1.165, 1.54) is 11.1 Å². The molecule has 1 aromatic rings. The van der Waals surface area contributed by atoms with Gasteiger partial charge in [0.15, 0.2) is 0 Å². The first-order chi connectivity index (χ1) is 9.49. The second-order valence-corrected chi connectivity index (χ2v) is 5.78. The number of Topliss-reactive ketones (excluding diaryl/α,β-unsaturated/α-hetero) is 1. The number of hydrogen-bond donors (Lipinski definition) is 0. The SMILES string of the molecule is CC(=O)N1CCC(C(=O)Cc2cccc(C)c2C)CC1. The van der Waals surface area contributed by atoms with Gasteiger partial charge in [0.2, 0.25) is 5.91 Å². The van der Waals surface area contributed by atoms with Gasteiger partial charge in [-0.3, -0.25) is 9.59 Å². The third-order valence-electron chi connectivity index (χ3n) is 4.48. The molecule has 0 bridgehead atoms. The lowest BCUT2D eigenvalue weighted by Gasteiger charge is -2.30. The number of hydrogen-bond acceptors (Lipinski definition) is 2. The second-order valence-electron chi connectivity index (χ2n) is 5.78. The molecule has 0 radical (unpaired) electrons. The predicted octanol–water partition coefficient (Wildman–Crippen LogP) is 2.67. The van der Waals surface area contributed by atoms with E-state index in [0.717, 1.165) is 31.5 Å². The van der Waals surface area contributed by atoms with Gasteiger partial charge in [-0.2, -0.15) is 0 Å². The van der Waals surface area contributed by atoms with Crippen LogP contribution < -0.4 is 0 Å². The summed E-state index contributed by atoms with van der Waals surface area (Å²) in [6.07, 6.45) is 2.14. The number of carbonyl (C=O) groups is 2. The molecule has 3 heteroatoms. The van der Waals surface area contributed by atoms with Gasteiger partial charge >= 0.3 is 0 Å². The van der Waals surface area contributed by atoms with Crippen molar-refractivity contribution in [1.82, 2.24) is 4.90 Å². The van der Waals surface area contributed by atoms with Crippen LogP contribution >= 0.6 is 0 Å². The standard InChI is InChI=1S/C17H23NO2/c1-12-5-4-6-16(13(12)2)11-17(20)15-7-9-18(10-8-15)14(3)19/h4-6,15H,7-11H2,1-3H3. The lowest BCUT2D eigenvalue weighted by atomic mass is 9.88. The van der Waals surface area contributed by atoms with Gasteiger partial charge in [0.05, 0.1) is 0 Å². The molecule has 20 heavy (non-hydrogen) atoms. The Morgan fingerprint density at radius 1 is 1.20 bits per heavy atom. The van der Waals surface area contributed by atoms with Crippen LogP contribution in [0.4, 0.5) is 0 Å². The number of likely N-dealkylation sites (tertiary alicyclic amines) is 1. The maximum Gasteiger partial charge on any atom is 0.219 e. The molecule has 1 saturated heterocycles. The Labute approximate surface area is 121 Å². The summed E-state index contributed by atoms with van der Waals surface area (Å²) < 4.78 is 0. The van der Waals surface area contributed by atoms with Crippen molar-refractivity contribution in [3.8, 4) is 0 Å². The van der Waals surface area contributed by atoms with Gasteiger partial charge in [-0.1, -0.05) is 18.2 Å². The summed E-state index contributed by atoms with van der Waals surface area (Å²) in [6.45, 7) is 7.19. The Morgan fingerprint density at radius 2 is 1.85 bits per heavy atom. The van der Waals surface area contributed by atoms with E-state index in [4.69, 9.17) is 0 Å². The topological polar surface area (TPSA) is 37.4 Å². The maximum absolute atomic E-state index is 12.4. The molecule has 1 fully saturated rings. The minimum absolute atomic E-state index is 0.116. The molecule has 0 spiro atoms. The van der Waals surface area contributed by atoms with E-state index in [1.54, 1.807) is 6.92 Å². The molecule has 2 rings (SSSR count). The monoisotopic (exact) mass is 273 g/mol. The fraction of sp³-hybridized carbons (Fsp3) is 0.529. The Morgan fingerprint density at radius 3 is 2.45 bits per heavy atom. The molecule has 3 nitrogen and oxygen atoms in total. The third kappa shape index (κ3) is 3.27. The van der Waals surface area contributed by atoms with Crippen LogP contribution in [0.3, 0.4) is 0 Å². The zero-order valence-electron chi connectivity index (χ0n) is 12.6. The van der Waals surface area contributed by atoms with Crippen LogP contribution in [0.25, 0.3) is 0 Å². The quantitative estimate of drug-likeness (QED) is 0.849. The highest BCUT2D eigenvalue weighted by atomic mass is 16.2. The molecule has 0 N–H and O–H groups in total. The zero-order valence-corrected chi connectivity index (χ0v) is 12.6. The summed E-state index contributed by atoms with van der Waals surface area (Å²) in [5.74, 6) is 0.554. The Hall–Kier alpha value is -1.64. The van der Waals surface area contributed by atoms with E-state index >= 15 is 0 Å². The summed E-state index contributed by atoms with van der Waals surface area (Å²) in [6, 6.07) is 6.14. The second kappa shape index (κ2) is 6.21. The van der Waals surface area contributed by atoms with Crippen molar-refractivity contribution in [2.45, 2.75) is 40.0 Å². The van der Waals surface area contributed by atoms with Crippen molar-refractivity contribution in [2.75, 3.05) is 13.1 Å². The largest absolute Gasteiger partial charge is 0.343 e. The molecule has 1 heterocycles. The normalized spacial score (nSPS) is 16.2. The van der Waals surface area contributed by atoms with Gasteiger partial charge in [-0.25, -0.2) is 0 Å². The van der Waals surface area contributed by atoms with E-state index in [2.05, 4.69) is 19.9 Å². The molecular formula is C17H23NO2. The average Bonchev–Trinajstić information content (AvgIpc) is 2.44. The molecule has 1 aromatic carbocycles. The number of piperidine rings is 1. The van der Waals surface area contributed by atoms with Crippen LogP contribution in [-0.2, 0) is 16.0 Å². The number of amides is 1. The maximum atomic E-state index is 12.4. The summed E-state index contributed by atoms with van der Waals surface area (Å²) in [7, 11) is 0. The van der Waals surface area contributed by atoms with E-state index in [1.807, 2.05) is 17.0 Å². The van der Waals surface area contributed by atoms with E-state index in [0.29, 0.717) is 12.2 Å². The fourth-order valence-electron chi connectivity index (χ4n) is 2.85. The van der Waals surface area contributed by atoms with Crippen molar-refractivity contribution in [2.24, 2.45) is 5.92 Å². The minimum atomic E-state index is 0.116. The number of aryl methyl sites for hydroxylation is 1. The zero-order chi connectivity index (χ0) is 14.7. The fourth-order valence-corrected chi connectivity index (χ4v) is 2.85. The number of ketones is 1. The van der Waals surface area contributed by atoms with Gasteiger partial charge < -0.3 is 4.90 Å². The first-order valence-electron chi connectivity index (χ1n) is 7.32.